The largest absolute Gasteiger partial charge is 0.245 e. The van der Waals surface area contributed by atoms with Gasteiger partial charge < -0.3 is 0 Å². The first kappa shape index (κ1) is 16.4. The molecule has 3 nitrogen and oxygen atoms in total. The number of nitrogens with zero attached hydrogens (tertiary/aromatic N) is 1. The molecule has 1 aliphatic heterocycles. The molecular formula is C13H16Cl3NO2S. The maximum atomic E-state index is 12.8. The van der Waals surface area contributed by atoms with Crippen LogP contribution in [-0.4, -0.2) is 24.8 Å². The van der Waals surface area contributed by atoms with Crippen molar-refractivity contribution in [2.45, 2.75) is 43.0 Å². The van der Waals surface area contributed by atoms with Gasteiger partial charge in [-0.05, 0) is 44.4 Å². The summed E-state index contributed by atoms with van der Waals surface area (Å²) in [6, 6.07) is 2.91. The third-order valence-electron chi connectivity index (χ3n) is 3.64. The van der Waals surface area contributed by atoms with Gasteiger partial charge in [-0.2, -0.15) is 4.31 Å². The van der Waals surface area contributed by atoms with Crippen LogP contribution < -0.4 is 0 Å². The molecule has 1 heterocycles. The van der Waals surface area contributed by atoms with E-state index in [2.05, 4.69) is 0 Å². The molecule has 0 amide bonds. The third kappa shape index (κ3) is 2.81. The van der Waals surface area contributed by atoms with E-state index in [9.17, 15) is 8.42 Å². The van der Waals surface area contributed by atoms with Crippen LogP contribution in [0.4, 0.5) is 0 Å². The molecule has 1 aromatic carbocycles. The Morgan fingerprint density at radius 1 is 1.25 bits per heavy atom. The fourth-order valence-corrected chi connectivity index (χ4v) is 5.50. The molecule has 0 N–H and O–H groups in total. The maximum absolute atomic E-state index is 12.8. The summed E-state index contributed by atoms with van der Waals surface area (Å²) in [6.07, 6.45) is 1.68. The summed E-state index contributed by atoms with van der Waals surface area (Å²) in [7, 11) is -3.64. The highest BCUT2D eigenvalue weighted by Gasteiger charge is 2.41. The number of hydrogen-bond donors (Lipinski definition) is 0. The van der Waals surface area contributed by atoms with Gasteiger partial charge >= 0.3 is 0 Å². The van der Waals surface area contributed by atoms with Gasteiger partial charge in [0.1, 0.15) is 4.90 Å². The van der Waals surface area contributed by atoms with Gasteiger partial charge in [0.15, 0.2) is 0 Å². The molecule has 7 heteroatoms. The molecule has 0 bridgehead atoms. The topological polar surface area (TPSA) is 37.4 Å². The number of halogens is 3. The maximum Gasteiger partial charge on any atom is 0.245 e. The second-order valence-corrected chi connectivity index (χ2v) is 8.41. The number of benzene rings is 1. The molecule has 0 radical (unpaired) electrons. The van der Waals surface area contributed by atoms with Crippen LogP contribution in [0, 0.1) is 0 Å². The molecule has 1 saturated heterocycles. The zero-order valence-corrected chi connectivity index (χ0v) is 14.4. The molecule has 20 heavy (non-hydrogen) atoms. The first-order chi connectivity index (χ1) is 9.20. The van der Waals surface area contributed by atoms with Crippen molar-refractivity contribution >= 4 is 44.8 Å². The minimum absolute atomic E-state index is 0.0780. The molecule has 0 saturated carbocycles. The van der Waals surface area contributed by atoms with Crippen molar-refractivity contribution in [3.05, 3.63) is 27.7 Å². The van der Waals surface area contributed by atoms with Crippen LogP contribution in [0.1, 0.15) is 32.3 Å². The van der Waals surface area contributed by atoms with Crippen LogP contribution in [0.25, 0.3) is 0 Å². The monoisotopic (exact) mass is 355 g/mol. The lowest BCUT2D eigenvalue weighted by Crippen LogP contribution is -2.42. The Hall–Kier alpha value is -0.000000000000000111. The molecule has 0 unspecified atom stereocenters. The SMILES string of the molecule is CC1(C)CCCN1S(=O)(=O)c1cc(CCl)c(Cl)cc1Cl. The summed E-state index contributed by atoms with van der Waals surface area (Å²) >= 11 is 17.9. The third-order valence-corrected chi connectivity index (χ3v) is 6.85. The zero-order valence-electron chi connectivity index (χ0n) is 11.3. The second-order valence-electron chi connectivity index (χ2n) is 5.50. The number of alkyl halides is 1. The van der Waals surface area contributed by atoms with Crippen molar-refractivity contribution < 1.29 is 8.42 Å². The van der Waals surface area contributed by atoms with Crippen LogP contribution >= 0.6 is 34.8 Å². The van der Waals surface area contributed by atoms with Crippen molar-refractivity contribution in [3.63, 3.8) is 0 Å². The second kappa shape index (κ2) is 5.65. The van der Waals surface area contributed by atoms with E-state index in [1.54, 1.807) is 0 Å². The van der Waals surface area contributed by atoms with E-state index in [-0.39, 0.29) is 15.8 Å². The van der Waals surface area contributed by atoms with E-state index < -0.39 is 15.6 Å². The van der Waals surface area contributed by atoms with E-state index in [4.69, 9.17) is 34.8 Å². The molecule has 0 aromatic heterocycles. The van der Waals surface area contributed by atoms with Crippen molar-refractivity contribution in [2.75, 3.05) is 6.54 Å². The van der Waals surface area contributed by atoms with Crippen molar-refractivity contribution in [3.8, 4) is 0 Å². The molecule has 1 aromatic rings. The Morgan fingerprint density at radius 3 is 2.40 bits per heavy atom. The van der Waals surface area contributed by atoms with E-state index in [1.165, 1.54) is 16.4 Å². The van der Waals surface area contributed by atoms with Crippen LogP contribution in [0.15, 0.2) is 17.0 Å². The summed E-state index contributed by atoms with van der Waals surface area (Å²) in [4.78, 5) is 0.0780. The highest BCUT2D eigenvalue weighted by molar-refractivity contribution is 7.89. The van der Waals surface area contributed by atoms with Gasteiger partial charge in [0.05, 0.1) is 5.02 Å². The van der Waals surface area contributed by atoms with Crippen molar-refractivity contribution in [1.29, 1.82) is 0 Å². The lowest BCUT2D eigenvalue weighted by Gasteiger charge is -2.31. The van der Waals surface area contributed by atoms with Gasteiger partial charge in [0.2, 0.25) is 10.0 Å². The Bertz CT molecular complexity index is 629. The number of rotatable bonds is 3. The summed E-state index contributed by atoms with van der Waals surface area (Å²) in [5.74, 6) is 0.141. The normalized spacial score (nSPS) is 19.4. The van der Waals surface area contributed by atoms with Gasteiger partial charge in [0, 0.05) is 23.0 Å². The predicted molar refractivity (Wildman–Crippen MR) is 83.2 cm³/mol. The predicted octanol–water partition coefficient (Wildman–Crippen LogP) is 4.30. The van der Waals surface area contributed by atoms with Gasteiger partial charge in [-0.15, -0.1) is 11.6 Å². The molecule has 0 atom stereocenters. The first-order valence-corrected chi connectivity index (χ1v) is 9.00. The molecule has 0 spiro atoms. The molecule has 1 aliphatic rings. The Balaban J connectivity index is 2.55. The average Bonchev–Trinajstić information content (AvgIpc) is 2.69. The summed E-state index contributed by atoms with van der Waals surface area (Å²) in [6.45, 7) is 4.35. The molecule has 1 fully saturated rings. The van der Waals surface area contributed by atoms with E-state index in [1.807, 2.05) is 13.8 Å². The fourth-order valence-electron chi connectivity index (χ4n) is 2.52. The first-order valence-electron chi connectivity index (χ1n) is 6.27. The van der Waals surface area contributed by atoms with Crippen molar-refractivity contribution in [1.82, 2.24) is 4.31 Å². The highest BCUT2D eigenvalue weighted by Crippen LogP contribution is 2.37. The minimum atomic E-state index is -3.64. The van der Waals surface area contributed by atoms with Crippen LogP contribution in [0.3, 0.4) is 0 Å². The average molecular weight is 357 g/mol. The Labute approximate surface area is 134 Å². The van der Waals surface area contributed by atoms with Gasteiger partial charge in [-0.3, -0.25) is 0 Å². The fraction of sp³-hybridized carbons (Fsp3) is 0.538. The molecule has 2 rings (SSSR count). The molecule has 112 valence electrons. The van der Waals surface area contributed by atoms with E-state index >= 15 is 0 Å². The summed E-state index contributed by atoms with van der Waals surface area (Å²) < 4.78 is 27.1. The highest BCUT2D eigenvalue weighted by atomic mass is 35.5. The van der Waals surface area contributed by atoms with Gasteiger partial charge in [0.25, 0.3) is 0 Å². The van der Waals surface area contributed by atoms with Crippen LogP contribution in [0.2, 0.25) is 10.0 Å². The lowest BCUT2D eigenvalue weighted by molar-refractivity contribution is 0.292. The van der Waals surface area contributed by atoms with Gasteiger partial charge in [-0.1, -0.05) is 23.2 Å². The summed E-state index contributed by atoms with van der Waals surface area (Å²) in [5.41, 5.74) is 0.163. The molecule has 0 aliphatic carbocycles. The van der Waals surface area contributed by atoms with Crippen molar-refractivity contribution in [2.24, 2.45) is 0 Å². The number of sulfonamides is 1. The van der Waals surface area contributed by atoms with E-state index in [0.29, 0.717) is 17.1 Å². The summed E-state index contributed by atoms with van der Waals surface area (Å²) in [5, 5.41) is 0.510. The molecular weight excluding hydrogens is 341 g/mol. The van der Waals surface area contributed by atoms with Gasteiger partial charge in [-0.25, -0.2) is 8.42 Å². The number of hydrogen-bond acceptors (Lipinski definition) is 2. The minimum Gasteiger partial charge on any atom is -0.207 e. The standard InChI is InChI=1S/C13H16Cl3NO2S/c1-13(2)4-3-5-17(13)20(18,19)12-6-9(8-14)10(15)7-11(12)16/h6-7H,3-5,8H2,1-2H3. The van der Waals surface area contributed by atoms with E-state index in [0.717, 1.165) is 12.8 Å². The lowest BCUT2D eigenvalue weighted by atomic mass is 10.0. The Morgan fingerprint density at radius 2 is 1.90 bits per heavy atom. The Kier molecular flexibility index (Phi) is 4.63. The quantitative estimate of drug-likeness (QED) is 0.757. The smallest absolute Gasteiger partial charge is 0.207 e. The van der Waals surface area contributed by atoms with Crippen LogP contribution in [-0.2, 0) is 15.9 Å². The van der Waals surface area contributed by atoms with Crippen LogP contribution in [0.5, 0.6) is 0 Å². The zero-order chi connectivity index (χ0) is 15.1.